The summed E-state index contributed by atoms with van der Waals surface area (Å²) >= 11 is 0. The van der Waals surface area contributed by atoms with Gasteiger partial charge < -0.3 is 9.84 Å². The highest BCUT2D eigenvalue weighted by Gasteiger charge is 2.46. The second-order valence-corrected chi connectivity index (χ2v) is 4.95. The molecule has 3 nitrogen and oxygen atoms in total. The number of ether oxygens (including phenoxy) is 1. The van der Waals surface area contributed by atoms with Gasteiger partial charge in [0.15, 0.2) is 0 Å². The second kappa shape index (κ2) is 4.81. The third-order valence-corrected chi connectivity index (χ3v) is 3.77. The van der Waals surface area contributed by atoms with E-state index in [2.05, 4.69) is 11.8 Å². The van der Waals surface area contributed by atoms with Crippen LogP contribution in [-0.2, 0) is 4.74 Å². The van der Waals surface area contributed by atoms with Gasteiger partial charge in [0.05, 0.1) is 6.61 Å². The SMILES string of the molecule is CCCOCC1(O)CCN2CCCCC21. The highest BCUT2D eigenvalue weighted by Crippen LogP contribution is 2.35. The summed E-state index contributed by atoms with van der Waals surface area (Å²) in [7, 11) is 0. The number of hydrogen-bond donors (Lipinski definition) is 1. The van der Waals surface area contributed by atoms with Gasteiger partial charge in [0.1, 0.15) is 5.60 Å². The lowest BCUT2D eigenvalue weighted by atomic mass is 9.89. The van der Waals surface area contributed by atoms with Crippen molar-refractivity contribution in [3.05, 3.63) is 0 Å². The lowest BCUT2D eigenvalue weighted by Gasteiger charge is -2.37. The Morgan fingerprint density at radius 1 is 1.40 bits per heavy atom. The molecule has 3 heteroatoms. The van der Waals surface area contributed by atoms with Crippen molar-refractivity contribution in [3.63, 3.8) is 0 Å². The minimum atomic E-state index is -0.560. The summed E-state index contributed by atoms with van der Waals surface area (Å²) in [5, 5.41) is 10.5. The predicted octanol–water partition coefficient (Wildman–Crippen LogP) is 1.40. The highest BCUT2D eigenvalue weighted by atomic mass is 16.5. The molecule has 0 bridgehead atoms. The van der Waals surface area contributed by atoms with E-state index in [4.69, 9.17) is 4.74 Å². The standard InChI is InChI=1S/C12H23NO2/c1-2-9-15-10-12(14)6-8-13-7-4-3-5-11(12)13/h11,14H,2-10H2,1H3. The van der Waals surface area contributed by atoms with Gasteiger partial charge in [-0.15, -0.1) is 0 Å². The van der Waals surface area contributed by atoms with Crippen LogP contribution in [0.2, 0.25) is 0 Å². The molecule has 0 aliphatic carbocycles. The van der Waals surface area contributed by atoms with Crippen LogP contribution in [0.4, 0.5) is 0 Å². The van der Waals surface area contributed by atoms with Gasteiger partial charge >= 0.3 is 0 Å². The Kier molecular flexibility index (Phi) is 3.65. The molecule has 0 amide bonds. The first-order chi connectivity index (χ1) is 7.26. The molecule has 2 aliphatic rings. The number of aliphatic hydroxyl groups is 1. The third kappa shape index (κ3) is 2.35. The monoisotopic (exact) mass is 213 g/mol. The van der Waals surface area contributed by atoms with Crippen LogP contribution in [0.3, 0.4) is 0 Å². The summed E-state index contributed by atoms with van der Waals surface area (Å²) in [6.07, 6.45) is 5.62. The van der Waals surface area contributed by atoms with Crippen LogP contribution < -0.4 is 0 Å². The zero-order chi connectivity index (χ0) is 10.7. The van der Waals surface area contributed by atoms with Crippen molar-refractivity contribution in [1.29, 1.82) is 0 Å². The van der Waals surface area contributed by atoms with Crippen LogP contribution in [0.5, 0.6) is 0 Å². The number of piperidine rings is 1. The quantitative estimate of drug-likeness (QED) is 0.717. The zero-order valence-electron chi connectivity index (χ0n) is 9.74. The predicted molar refractivity (Wildman–Crippen MR) is 59.9 cm³/mol. The van der Waals surface area contributed by atoms with Gasteiger partial charge in [0.25, 0.3) is 0 Å². The largest absolute Gasteiger partial charge is 0.386 e. The molecule has 0 radical (unpaired) electrons. The molecule has 88 valence electrons. The van der Waals surface area contributed by atoms with Crippen molar-refractivity contribution in [1.82, 2.24) is 4.90 Å². The first kappa shape index (κ1) is 11.4. The van der Waals surface area contributed by atoms with Crippen molar-refractivity contribution in [2.75, 3.05) is 26.3 Å². The maximum absolute atomic E-state index is 10.5. The van der Waals surface area contributed by atoms with Crippen LogP contribution in [0.1, 0.15) is 39.0 Å². The average molecular weight is 213 g/mol. The van der Waals surface area contributed by atoms with Gasteiger partial charge in [0, 0.05) is 19.2 Å². The van der Waals surface area contributed by atoms with Crippen molar-refractivity contribution in [2.24, 2.45) is 0 Å². The summed E-state index contributed by atoms with van der Waals surface area (Å²) in [6.45, 7) is 5.63. The Labute approximate surface area is 92.4 Å². The Bertz CT molecular complexity index is 210. The second-order valence-electron chi connectivity index (χ2n) is 4.95. The van der Waals surface area contributed by atoms with Gasteiger partial charge in [-0.25, -0.2) is 0 Å². The summed E-state index contributed by atoms with van der Waals surface area (Å²) in [6, 6.07) is 0.364. The van der Waals surface area contributed by atoms with Crippen LogP contribution in [0, 0.1) is 0 Å². The third-order valence-electron chi connectivity index (χ3n) is 3.77. The van der Waals surface area contributed by atoms with Crippen LogP contribution in [0.25, 0.3) is 0 Å². The maximum atomic E-state index is 10.5. The van der Waals surface area contributed by atoms with Crippen LogP contribution in [-0.4, -0.2) is 48.0 Å². The molecule has 2 fully saturated rings. The van der Waals surface area contributed by atoms with Gasteiger partial charge in [0.2, 0.25) is 0 Å². The van der Waals surface area contributed by atoms with E-state index < -0.39 is 5.60 Å². The molecule has 2 unspecified atom stereocenters. The minimum Gasteiger partial charge on any atom is -0.386 e. The van der Waals surface area contributed by atoms with E-state index in [1.54, 1.807) is 0 Å². The van der Waals surface area contributed by atoms with E-state index >= 15 is 0 Å². The molecule has 0 spiro atoms. The van der Waals surface area contributed by atoms with E-state index in [1.807, 2.05) is 0 Å². The Balaban J connectivity index is 1.89. The van der Waals surface area contributed by atoms with Gasteiger partial charge in [-0.05, 0) is 32.2 Å². The Morgan fingerprint density at radius 3 is 3.07 bits per heavy atom. The van der Waals surface area contributed by atoms with Gasteiger partial charge in [-0.2, -0.15) is 0 Å². The molecular formula is C12H23NO2. The van der Waals surface area contributed by atoms with Crippen molar-refractivity contribution < 1.29 is 9.84 Å². The first-order valence-electron chi connectivity index (χ1n) is 6.30. The molecule has 2 aliphatic heterocycles. The average Bonchev–Trinajstić information content (AvgIpc) is 2.59. The number of rotatable bonds is 4. The van der Waals surface area contributed by atoms with Crippen LogP contribution in [0.15, 0.2) is 0 Å². The molecule has 0 saturated carbocycles. The molecule has 2 heterocycles. The molecule has 0 aromatic heterocycles. The first-order valence-corrected chi connectivity index (χ1v) is 6.30. The normalized spacial score (nSPS) is 36.8. The van der Waals surface area contributed by atoms with E-state index in [-0.39, 0.29) is 0 Å². The molecule has 2 rings (SSSR count). The fourth-order valence-electron chi connectivity index (χ4n) is 2.93. The van der Waals surface area contributed by atoms with Gasteiger partial charge in [-0.3, -0.25) is 4.90 Å². The Hall–Kier alpha value is -0.120. The van der Waals surface area contributed by atoms with E-state index in [0.717, 1.165) is 32.4 Å². The molecular weight excluding hydrogens is 190 g/mol. The molecule has 0 aromatic carbocycles. The Morgan fingerprint density at radius 2 is 2.27 bits per heavy atom. The lowest BCUT2D eigenvalue weighted by Crippen LogP contribution is -2.49. The highest BCUT2D eigenvalue weighted by molar-refractivity contribution is 5.01. The maximum Gasteiger partial charge on any atom is 0.105 e. The number of fused-ring (bicyclic) bond motifs is 1. The zero-order valence-corrected chi connectivity index (χ0v) is 9.74. The van der Waals surface area contributed by atoms with Gasteiger partial charge in [-0.1, -0.05) is 13.3 Å². The topological polar surface area (TPSA) is 32.7 Å². The molecule has 15 heavy (non-hydrogen) atoms. The van der Waals surface area contributed by atoms with Crippen molar-refractivity contribution >= 4 is 0 Å². The molecule has 2 atom stereocenters. The lowest BCUT2D eigenvalue weighted by molar-refractivity contribution is -0.0728. The molecule has 2 saturated heterocycles. The van der Waals surface area contributed by atoms with E-state index in [0.29, 0.717) is 12.6 Å². The fraction of sp³-hybridized carbons (Fsp3) is 1.00. The molecule has 0 aromatic rings. The summed E-state index contributed by atoms with van der Waals surface area (Å²) in [5.41, 5.74) is -0.560. The molecule has 1 N–H and O–H groups in total. The smallest absolute Gasteiger partial charge is 0.105 e. The summed E-state index contributed by atoms with van der Waals surface area (Å²) < 4.78 is 5.54. The van der Waals surface area contributed by atoms with Crippen molar-refractivity contribution in [3.8, 4) is 0 Å². The fourth-order valence-corrected chi connectivity index (χ4v) is 2.93. The summed E-state index contributed by atoms with van der Waals surface area (Å²) in [4.78, 5) is 2.44. The van der Waals surface area contributed by atoms with E-state index in [1.165, 1.54) is 19.4 Å². The number of hydrogen-bond acceptors (Lipinski definition) is 3. The number of nitrogens with zero attached hydrogens (tertiary/aromatic N) is 1. The van der Waals surface area contributed by atoms with Crippen molar-refractivity contribution in [2.45, 2.75) is 50.7 Å². The summed E-state index contributed by atoms with van der Waals surface area (Å²) in [5.74, 6) is 0. The van der Waals surface area contributed by atoms with E-state index in [9.17, 15) is 5.11 Å². The minimum absolute atomic E-state index is 0.364. The van der Waals surface area contributed by atoms with Crippen LogP contribution >= 0.6 is 0 Å².